The molecule has 0 atom stereocenters. The van der Waals surface area contributed by atoms with Gasteiger partial charge in [-0.1, -0.05) is 18.2 Å². The lowest BCUT2D eigenvalue weighted by Gasteiger charge is -2.34. The number of nitrogens with two attached hydrogens (primary N) is 2. The predicted molar refractivity (Wildman–Crippen MR) is 112 cm³/mol. The van der Waals surface area contributed by atoms with Crippen LogP contribution in [0.1, 0.15) is 27.2 Å². The predicted octanol–water partition coefficient (Wildman–Crippen LogP) is 0.142. The van der Waals surface area contributed by atoms with Gasteiger partial charge in [-0.3, -0.25) is 19.6 Å². The smallest absolute Gasteiger partial charge is 0.344 e. The number of hydrazine groups is 1. The summed E-state index contributed by atoms with van der Waals surface area (Å²) in [4.78, 5) is 35.3. The lowest BCUT2D eigenvalue weighted by Crippen LogP contribution is -2.48. The maximum atomic E-state index is 12.8. The van der Waals surface area contributed by atoms with Crippen LogP contribution in [0.4, 0.5) is 10.6 Å². The van der Waals surface area contributed by atoms with Crippen molar-refractivity contribution in [3.63, 3.8) is 0 Å². The van der Waals surface area contributed by atoms with Crippen LogP contribution in [0, 0.1) is 0 Å². The number of anilines is 1. The van der Waals surface area contributed by atoms with Crippen LogP contribution >= 0.6 is 0 Å². The largest absolute Gasteiger partial charge is 0.383 e. The molecular weight excluding hydrogens is 384 g/mol. The molecule has 2 aromatic rings. The summed E-state index contributed by atoms with van der Waals surface area (Å²) in [5.74, 6) is 5.20. The van der Waals surface area contributed by atoms with E-state index < -0.39 is 6.03 Å². The first-order chi connectivity index (χ1) is 14.3. The van der Waals surface area contributed by atoms with E-state index in [2.05, 4.69) is 40.0 Å². The Hall–Kier alpha value is -2.95. The highest BCUT2D eigenvalue weighted by Crippen LogP contribution is 2.23. The van der Waals surface area contributed by atoms with E-state index in [-0.39, 0.29) is 17.4 Å². The molecular formula is C20H28N8O2. The number of piperazine rings is 1. The van der Waals surface area contributed by atoms with Gasteiger partial charge < -0.3 is 10.6 Å². The van der Waals surface area contributed by atoms with Crippen LogP contribution in [0.5, 0.6) is 0 Å². The van der Waals surface area contributed by atoms with E-state index in [1.54, 1.807) is 4.90 Å². The molecule has 3 heterocycles. The Morgan fingerprint density at radius 2 is 1.83 bits per heavy atom. The molecule has 1 aromatic heterocycles. The van der Waals surface area contributed by atoms with E-state index in [0.29, 0.717) is 13.1 Å². The Balaban J connectivity index is 1.35. The fourth-order valence-electron chi connectivity index (χ4n) is 4.08. The molecule has 2 aliphatic heterocycles. The molecule has 1 fully saturated rings. The maximum Gasteiger partial charge on any atom is 0.344 e. The molecule has 0 unspecified atom stereocenters. The number of imidazole rings is 1. The summed E-state index contributed by atoms with van der Waals surface area (Å²) < 4.78 is 1.08. The Kier molecular flexibility index (Phi) is 5.46. The van der Waals surface area contributed by atoms with Crippen molar-refractivity contribution < 1.29 is 9.59 Å². The van der Waals surface area contributed by atoms with Gasteiger partial charge in [0, 0.05) is 52.9 Å². The number of benzene rings is 1. The summed E-state index contributed by atoms with van der Waals surface area (Å²) in [5.41, 5.74) is 10.2. The van der Waals surface area contributed by atoms with Crippen LogP contribution in [0.3, 0.4) is 0 Å². The topological polar surface area (TPSA) is 117 Å². The second-order valence-electron chi connectivity index (χ2n) is 8.09. The van der Waals surface area contributed by atoms with Gasteiger partial charge in [0.15, 0.2) is 5.69 Å². The molecule has 1 saturated heterocycles. The molecule has 10 nitrogen and oxygen atoms in total. The van der Waals surface area contributed by atoms with Gasteiger partial charge in [0.05, 0.1) is 0 Å². The van der Waals surface area contributed by atoms with Crippen molar-refractivity contribution in [2.45, 2.75) is 19.6 Å². The molecule has 2 amide bonds. The van der Waals surface area contributed by atoms with Gasteiger partial charge >= 0.3 is 6.03 Å². The zero-order valence-electron chi connectivity index (χ0n) is 17.4. The summed E-state index contributed by atoms with van der Waals surface area (Å²) in [6.45, 7) is 5.60. The fourth-order valence-corrected chi connectivity index (χ4v) is 4.08. The van der Waals surface area contributed by atoms with Gasteiger partial charge in [0.25, 0.3) is 5.91 Å². The minimum Gasteiger partial charge on any atom is -0.383 e. The first kappa shape index (κ1) is 20.3. The van der Waals surface area contributed by atoms with E-state index in [1.807, 2.05) is 0 Å². The summed E-state index contributed by atoms with van der Waals surface area (Å²) in [6.07, 6.45) is 1.23. The summed E-state index contributed by atoms with van der Waals surface area (Å²) in [6, 6.07) is 6.18. The number of carbonyl (C=O) groups is 2. The first-order valence-electron chi connectivity index (χ1n) is 10.00. The number of amides is 2. The average molecular weight is 412 g/mol. The van der Waals surface area contributed by atoms with Crippen molar-refractivity contribution in [3.05, 3.63) is 46.9 Å². The summed E-state index contributed by atoms with van der Waals surface area (Å²) in [7, 11) is 3.54. The molecule has 2 aliphatic rings. The molecule has 0 aliphatic carbocycles. The highest BCUT2D eigenvalue weighted by Gasteiger charge is 2.27. The highest BCUT2D eigenvalue weighted by atomic mass is 16.2. The molecule has 10 heteroatoms. The zero-order chi connectivity index (χ0) is 21.4. The highest BCUT2D eigenvalue weighted by molar-refractivity contribution is 5.98. The Morgan fingerprint density at radius 3 is 2.53 bits per heavy atom. The average Bonchev–Trinajstić information content (AvgIpc) is 3.28. The summed E-state index contributed by atoms with van der Waals surface area (Å²) >= 11 is 0. The number of rotatable bonds is 3. The standard InChI is InChI=1S/C20H28N8O2/c1-24-11-15-4-3-14(9-16(15)12-24)10-26-5-7-27(8-6-26)19(29)17-18(21)28(13-23-17)20(30)25(2)22/h3-4,9,13H,5-8,10-12,21-22H2,1-2H3. The van der Waals surface area contributed by atoms with Crippen molar-refractivity contribution in [3.8, 4) is 0 Å². The van der Waals surface area contributed by atoms with Crippen LogP contribution < -0.4 is 11.6 Å². The monoisotopic (exact) mass is 412 g/mol. The van der Waals surface area contributed by atoms with Gasteiger partial charge in [-0.25, -0.2) is 20.2 Å². The van der Waals surface area contributed by atoms with Crippen molar-refractivity contribution in [1.29, 1.82) is 0 Å². The zero-order valence-corrected chi connectivity index (χ0v) is 17.4. The molecule has 1 aromatic carbocycles. The Bertz CT molecular complexity index is 962. The summed E-state index contributed by atoms with van der Waals surface area (Å²) in [5, 5.41) is 0.891. The lowest BCUT2D eigenvalue weighted by atomic mass is 10.1. The first-order valence-corrected chi connectivity index (χ1v) is 10.00. The van der Waals surface area contributed by atoms with Crippen molar-refractivity contribution in [1.82, 2.24) is 29.3 Å². The number of hydrogen-bond donors (Lipinski definition) is 2. The third-order valence-corrected chi connectivity index (χ3v) is 5.73. The molecule has 4 N–H and O–H groups in total. The van der Waals surface area contributed by atoms with Gasteiger partial charge in [0.2, 0.25) is 0 Å². The van der Waals surface area contributed by atoms with Crippen molar-refractivity contribution in [2.75, 3.05) is 46.0 Å². The van der Waals surface area contributed by atoms with Crippen molar-refractivity contribution in [2.24, 2.45) is 5.84 Å². The molecule has 160 valence electrons. The number of nitrogens with zero attached hydrogens (tertiary/aromatic N) is 6. The molecule has 4 rings (SSSR count). The van der Waals surface area contributed by atoms with E-state index in [9.17, 15) is 9.59 Å². The molecule has 0 saturated carbocycles. The molecule has 30 heavy (non-hydrogen) atoms. The van der Waals surface area contributed by atoms with Crippen molar-refractivity contribution >= 4 is 17.8 Å². The quantitative estimate of drug-likeness (QED) is 0.418. The molecule has 0 radical (unpaired) electrons. The number of aromatic nitrogens is 2. The lowest BCUT2D eigenvalue weighted by molar-refractivity contribution is 0.0624. The van der Waals surface area contributed by atoms with Crippen LogP contribution in [0.15, 0.2) is 24.5 Å². The maximum absolute atomic E-state index is 12.8. The van der Waals surface area contributed by atoms with Gasteiger partial charge in [-0.15, -0.1) is 0 Å². The molecule has 0 spiro atoms. The Morgan fingerprint density at radius 1 is 1.13 bits per heavy atom. The third kappa shape index (κ3) is 3.89. The van der Waals surface area contributed by atoms with Crippen LogP contribution in [0.2, 0.25) is 0 Å². The van der Waals surface area contributed by atoms with Gasteiger partial charge in [-0.05, 0) is 23.7 Å². The van der Waals surface area contributed by atoms with Gasteiger partial charge in [-0.2, -0.15) is 0 Å². The van der Waals surface area contributed by atoms with Crippen LogP contribution in [-0.4, -0.2) is 81.5 Å². The number of nitrogen functional groups attached to an aromatic ring is 1. The normalized spacial score (nSPS) is 17.2. The second-order valence-corrected chi connectivity index (χ2v) is 8.09. The van der Waals surface area contributed by atoms with E-state index in [0.717, 1.165) is 42.3 Å². The molecule has 0 bridgehead atoms. The number of fused-ring (bicyclic) bond motifs is 1. The van der Waals surface area contributed by atoms with E-state index in [1.165, 1.54) is 30.1 Å². The number of carbonyl (C=O) groups excluding carboxylic acids is 2. The second kappa shape index (κ2) is 8.05. The van der Waals surface area contributed by atoms with Gasteiger partial charge in [0.1, 0.15) is 12.1 Å². The van der Waals surface area contributed by atoms with Crippen LogP contribution in [-0.2, 0) is 19.6 Å². The van der Waals surface area contributed by atoms with E-state index in [4.69, 9.17) is 11.6 Å². The SMILES string of the molecule is CN1Cc2ccc(CN3CCN(C(=O)c4ncn(C(=O)N(C)N)c4N)CC3)cc2C1. The van der Waals surface area contributed by atoms with Crippen LogP contribution in [0.25, 0.3) is 0 Å². The fraction of sp³-hybridized carbons (Fsp3) is 0.450. The van der Waals surface area contributed by atoms with E-state index >= 15 is 0 Å². The number of hydrogen-bond acceptors (Lipinski definition) is 7. The minimum atomic E-state index is -0.551. The third-order valence-electron chi connectivity index (χ3n) is 5.73. The minimum absolute atomic E-state index is 0.00726. The Labute approximate surface area is 175 Å².